The zero-order valence-corrected chi connectivity index (χ0v) is 11.9. The van der Waals surface area contributed by atoms with E-state index in [0.29, 0.717) is 18.4 Å². The monoisotopic (exact) mass is 279 g/mol. The van der Waals surface area contributed by atoms with Gasteiger partial charge in [0.25, 0.3) is 0 Å². The van der Waals surface area contributed by atoms with Crippen LogP contribution >= 0.6 is 0 Å². The van der Waals surface area contributed by atoms with Gasteiger partial charge in [-0.2, -0.15) is 15.0 Å². The summed E-state index contributed by atoms with van der Waals surface area (Å²) in [5.74, 6) is 0.733. The number of primary amides is 1. The van der Waals surface area contributed by atoms with Crippen molar-refractivity contribution in [3.63, 3.8) is 0 Å². The van der Waals surface area contributed by atoms with Crippen LogP contribution in [0.5, 0.6) is 0 Å². The number of nitrogen functional groups attached to an aromatic ring is 1. The Morgan fingerprint density at radius 2 is 1.95 bits per heavy atom. The lowest BCUT2D eigenvalue weighted by atomic mass is 9.93. The van der Waals surface area contributed by atoms with Gasteiger partial charge in [0.15, 0.2) is 0 Å². The fraction of sp³-hybridized carbons (Fsp3) is 0.667. The van der Waals surface area contributed by atoms with E-state index in [1.54, 1.807) is 13.8 Å². The molecule has 1 saturated heterocycles. The summed E-state index contributed by atoms with van der Waals surface area (Å²) < 4.78 is 0. The Labute approximate surface area is 118 Å². The topological polar surface area (TPSA) is 123 Å². The number of anilines is 3. The van der Waals surface area contributed by atoms with Crippen molar-refractivity contribution >= 4 is 23.8 Å². The Balaban J connectivity index is 2.10. The van der Waals surface area contributed by atoms with E-state index in [2.05, 4.69) is 25.2 Å². The molecule has 0 radical (unpaired) electrons. The molecule has 1 aromatic heterocycles. The molecule has 2 rings (SSSR count). The Hall–Kier alpha value is -2.12. The van der Waals surface area contributed by atoms with Crippen molar-refractivity contribution in [1.29, 1.82) is 0 Å². The molecule has 0 aromatic carbocycles. The lowest BCUT2D eigenvalue weighted by molar-refractivity contribution is -0.125. The fourth-order valence-corrected chi connectivity index (χ4v) is 1.91. The summed E-state index contributed by atoms with van der Waals surface area (Å²) >= 11 is 0. The molecule has 1 aliphatic heterocycles. The second-order valence-electron chi connectivity index (χ2n) is 5.61. The number of hydrogen-bond donors (Lipinski definition) is 3. The number of nitrogens with zero attached hydrogens (tertiary/aromatic N) is 4. The van der Waals surface area contributed by atoms with E-state index in [-0.39, 0.29) is 11.9 Å². The highest BCUT2D eigenvalue weighted by Crippen LogP contribution is 2.19. The van der Waals surface area contributed by atoms with Gasteiger partial charge in [-0.15, -0.1) is 0 Å². The number of aromatic nitrogens is 3. The molecule has 1 fully saturated rings. The van der Waals surface area contributed by atoms with Gasteiger partial charge >= 0.3 is 0 Å². The van der Waals surface area contributed by atoms with Crippen molar-refractivity contribution in [2.24, 2.45) is 11.1 Å². The number of rotatable bonds is 5. The Morgan fingerprint density at radius 1 is 1.30 bits per heavy atom. The largest absolute Gasteiger partial charge is 0.369 e. The van der Waals surface area contributed by atoms with E-state index >= 15 is 0 Å². The number of nitrogens with one attached hydrogen (secondary N) is 1. The van der Waals surface area contributed by atoms with Crippen molar-refractivity contribution in [3.8, 4) is 0 Å². The molecular weight excluding hydrogens is 258 g/mol. The minimum atomic E-state index is -0.685. The molecule has 8 nitrogen and oxygen atoms in total. The first-order chi connectivity index (χ1) is 9.38. The second kappa shape index (κ2) is 5.48. The number of carbonyl (C=O) groups excluding carboxylic acids is 1. The van der Waals surface area contributed by atoms with E-state index in [9.17, 15) is 4.79 Å². The molecule has 0 aliphatic carbocycles. The molecule has 5 N–H and O–H groups in total. The molecule has 110 valence electrons. The van der Waals surface area contributed by atoms with E-state index in [1.165, 1.54) is 0 Å². The fourth-order valence-electron chi connectivity index (χ4n) is 1.91. The van der Waals surface area contributed by atoms with Crippen LogP contribution in [-0.4, -0.2) is 40.5 Å². The zero-order chi connectivity index (χ0) is 14.8. The van der Waals surface area contributed by atoms with Crippen molar-refractivity contribution in [2.45, 2.75) is 26.7 Å². The summed E-state index contributed by atoms with van der Waals surface area (Å²) in [5, 5.41) is 3.00. The highest BCUT2D eigenvalue weighted by atomic mass is 16.1. The number of nitrogens with two attached hydrogens (primary N) is 2. The molecule has 2 heterocycles. The van der Waals surface area contributed by atoms with E-state index in [1.807, 2.05) is 0 Å². The molecule has 0 spiro atoms. The second-order valence-corrected chi connectivity index (χ2v) is 5.61. The molecule has 20 heavy (non-hydrogen) atoms. The van der Waals surface area contributed by atoms with Gasteiger partial charge in [-0.1, -0.05) is 0 Å². The highest BCUT2D eigenvalue weighted by molar-refractivity contribution is 5.80. The lowest BCUT2D eigenvalue weighted by Gasteiger charge is -2.21. The van der Waals surface area contributed by atoms with Crippen LogP contribution in [-0.2, 0) is 4.79 Å². The van der Waals surface area contributed by atoms with E-state index in [4.69, 9.17) is 11.5 Å². The van der Waals surface area contributed by atoms with Gasteiger partial charge in [-0.05, 0) is 26.7 Å². The number of hydrogen-bond acceptors (Lipinski definition) is 7. The third-order valence-electron chi connectivity index (χ3n) is 3.39. The predicted octanol–water partition coefficient (Wildman–Crippen LogP) is -0.0226. The summed E-state index contributed by atoms with van der Waals surface area (Å²) in [7, 11) is 0. The van der Waals surface area contributed by atoms with Crippen LogP contribution in [0.3, 0.4) is 0 Å². The van der Waals surface area contributed by atoms with Crippen molar-refractivity contribution in [2.75, 3.05) is 35.6 Å². The average Bonchev–Trinajstić information content (AvgIpc) is 2.89. The van der Waals surface area contributed by atoms with Crippen molar-refractivity contribution in [1.82, 2.24) is 15.0 Å². The summed E-state index contributed by atoms with van der Waals surface area (Å²) in [6, 6.07) is 0. The molecule has 0 saturated carbocycles. The smallest absolute Gasteiger partial charge is 0.231 e. The highest BCUT2D eigenvalue weighted by Gasteiger charge is 2.25. The van der Waals surface area contributed by atoms with Crippen LogP contribution in [0.1, 0.15) is 26.7 Å². The minimum Gasteiger partial charge on any atom is -0.369 e. The summed E-state index contributed by atoms with van der Waals surface area (Å²) in [4.78, 5) is 25.9. The Kier molecular flexibility index (Phi) is 3.91. The van der Waals surface area contributed by atoms with Crippen LogP contribution in [0.4, 0.5) is 17.8 Å². The maximum atomic E-state index is 11.3. The molecule has 0 atom stereocenters. The first-order valence-corrected chi connectivity index (χ1v) is 6.69. The summed E-state index contributed by atoms with van der Waals surface area (Å²) in [6.07, 6.45) is 2.26. The van der Waals surface area contributed by atoms with Crippen molar-refractivity contribution in [3.05, 3.63) is 0 Å². The maximum absolute atomic E-state index is 11.3. The molecule has 1 aromatic rings. The normalized spacial score (nSPS) is 15.4. The molecule has 0 unspecified atom stereocenters. The molecule has 1 amide bonds. The van der Waals surface area contributed by atoms with Gasteiger partial charge in [0, 0.05) is 19.6 Å². The van der Waals surface area contributed by atoms with Gasteiger partial charge in [-0.25, -0.2) is 0 Å². The van der Waals surface area contributed by atoms with Gasteiger partial charge in [-0.3, -0.25) is 4.79 Å². The third kappa shape index (κ3) is 3.25. The van der Waals surface area contributed by atoms with Crippen molar-refractivity contribution < 1.29 is 4.79 Å². The van der Waals surface area contributed by atoms with E-state index < -0.39 is 5.41 Å². The maximum Gasteiger partial charge on any atom is 0.231 e. The molecule has 8 heteroatoms. The van der Waals surface area contributed by atoms with Crippen LogP contribution in [0.2, 0.25) is 0 Å². The molecule has 0 bridgehead atoms. The SMILES string of the molecule is CC(C)(CNc1nc(N)nc(N2CCCC2)n1)C(N)=O. The van der Waals surface area contributed by atoms with Crippen LogP contribution < -0.4 is 21.7 Å². The minimum absolute atomic E-state index is 0.168. The van der Waals surface area contributed by atoms with Crippen LogP contribution in [0, 0.1) is 5.41 Å². The first kappa shape index (κ1) is 14.3. The summed E-state index contributed by atoms with van der Waals surface area (Å²) in [5.41, 5.74) is 10.3. The van der Waals surface area contributed by atoms with Gasteiger partial charge < -0.3 is 21.7 Å². The van der Waals surface area contributed by atoms with E-state index in [0.717, 1.165) is 25.9 Å². The molecule has 1 aliphatic rings. The first-order valence-electron chi connectivity index (χ1n) is 6.69. The Morgan fingerprint density at radius 3 is 2.55 bits per heavy atom. The third-order valence-corrected chi connectivity index (χ3v) is 3.39. The number of carbonyl (C=O) groups is 1. The van der Waals surface area contributed by atoms with Gasteiger partial charge in [0.05, 0.1) is 5.41 Å². The number of amides is 1. The average molecular weight is 279 g/mol. The quantitative estimate of drug-likeness (QED) is 0.692. The molecular formula is C12H21N7O. The summed E-state index contributed by atoms with van der Waals surface area (Å²) in [6.45, 7) is 5.71. The lowest BCUT2D eigenvalue weighted by Crippen LogP contribution is -2.37. The standard InChI is InChI=1S/C12H21N7O/c1-12(2,8(13)20)7-15-10-16-9(14)17-11(18-10)19-5-3-4-6-19/h3-7H2,1-2H3,(H2,13,20)(H3,14,15,16,17,18). The zero-order valence-electron chi connectivity index (χ0n) is 11.9. The Bertz CT molecular complexity index is 497. The van der Waals surface area contributed by atoms with Gasteiger partial charge in [0.2, 0.25) is 23.8 Å². The van der Waals surface area contributed by atoms with Crippen LogP contribution in [0.25, 0.3) is 0 Å². The predicted molar refractivity (Wildman–Crippen MR) is 77.2 cm³/mol. The van der Waals surface area contributed by atoms with Crippen LogP contribution in [0.15, 0.2) is 0 Å². The van der Waals surface area contributed by atoms with Gasteiger partial charge in [0.1, 0.15) is 0 Å².